The molecule has 0 aliphatic rings. The van der Waals surface area contributed by atoms with Crippen molar-refractivity contribution in [1.82, 2.24) is 15.8 Å². The van der Waals surface area contributed by atoms with Crippen LogP contribution in [0.25, 0.3) is 0 Å². The normalized spacial score (nSPS) is 12.8. The number of nitrogens with one attached hydrogen (secondary N) is 2. The highest BCUT2D eigenvalue weighted by atomic mass is 16.5. The van der Waals surface area contributed by atoms with E-state index in [1.165, 1.54) is 5.56 Å². The molecule has 0 saturated carbocycles. The molecule has 136 valence electrons. The fourth-order valence-electron chi connectivity index (χ4n) is 2.36. The Morgan fingerprint density at radius 2 is 2.08 bits per heavy atom. The van der Waals surface area contributed by atoms with Gasteiger partial charge in [0.25, 0.3) is 0 Å². The van der Waals surface area contributed by atoms with Gasteiger partial charge in [0.1, 0.15) is 0 Å². The van der Waals surface area contributed by atoms with Crippen molar-refractivity contribution < 1.29 is 9.26 Å². The topological polar surface area (TPSA) is 71.7 Å². The van der Waals surface area contributed by atoms with Gasteiger partial charge in [0.15, 0.2) is 11.7 Å². The van der Waals surface area contributed by atoms with Gasteiger partial charge in [-0.1, -0.05) is 42.4 Å². The highest BCUT2D eigenvalue weighted by Gasteiger charge is 2.05. The van der Waals surface area contributed by atoms with Crippen molar-refractivity contribution in [2.24, 2.45) is 4.99 Å². The molecule has 1 atom stereocenters. The van der Waals surface area contributed by atoms with E-state index in [1.807, 2.05) is 24.3 Å². The molecule has 1 aromatic heterocycles. The van der Waals surface area contributed by atoms with E-state index in [0.29, 0.717) is 13.2 Å². The first-order valence-corrected chi connectivity index (χ1v) is 8.78. The van der Waals surface area contributed by atoms with Crippen molar-refractivity contribution in [1.29, 1.82) is 0 Å². The molecule has 25 heavy (non-hydrogen) atoms. The molecule has 0 aliphatic carbocycles. The first kappa shape index (κ1) is 19.0. The van der Waals surface area contributed by atoms with Crippen LogP contribution in [0.4, 0.5) is 0 Å². The molecule has 6 heteroatoms. The standard InChI is InChI=1S/C19H28N4O2/c1-4-17-13-18(25-23-17)14-22-19(20-3)21-11-8-12-24-15(2)16-9-6-5-7-10-16/h5-7,9-10,13,15H,4,8,11-12,14H2,1-3H3,(H2,20,21,22). The average molecular weight is 344 g/mol. The second-order valence-electron chi connectivity index (χ2n) is 5.77. The zero-order valence-electron chi connectivity index (χ0n) is 15.3. The molecule has 0 aliphatic heterocycles. The Balaban J connectivity index is 1.61. The molecule has 0 saturated heterocycles. The maximum Gasteiger partial charge on any atom is 0.191 e. The SMILES string of the molecule is CCc1cc(CNC(=NC)NCCCOC(C)c2ccccc2)on1. The van der Waals surface area contributed by atoms with E-state index < -0.39 is 0 Å². The Labute approximate surface area is 149 Å². The van der Waals surface area contributed by atoms with Crippen LogP contribution in [0.5, 0.6) is 0 Å². The third-order valence-corrected chi connectivity index (χ3v) is 3.87. The van der Waals surface area contributed by atoms with E-state index in [9.17, 15) is 0 Å². The van der Waals surface area contributed by atoms with Gasteiger partial charge >= 0.3 is 0 Å². The van der Waals surface area contributed by atoms with Crippen LogP contribution < -0.4 is 10.6 Å². The Hall–Kier alpha value is -2.34. The minimum atomic E-state index is 0.109. The Morgan fingerprint density at radius 1 is 1.28 bits per heavy atom. The molecular weight excluding hydrogens is 316 g/mol. The monoisotopic (exact) mass is 344 g/mol. The van der Waals surface area contributed by atoms with Gasteiger partial charge in [0, 0.05) is 26.3 Å². The van der Waals surface area contributed by atoms with Gasteiger partial charge in [-0.15, -0.1) is 0 Å². The zero-order chi connectivity index (χ0) is 17.9. The van der Waals surface area contributed by atoms with Gasteiger partial charge in [-0.25, -0.2) is 0 Å². The zero-order valence-corrected chi connectivity index (χ0v) is 15.3. The quantitative estimate of drug-likeness (QED) is 0.415. The summed E-state index contributed by atoms with van der Waals surface area (Å²) in [5.41, 5.74) is 2.16. The molecule has 2 rings (SSSR count). The number of nitrogens with zero attached hydrogens (tertiary/aromatic N) is 2. The molecule has 0 amide bonds. The maximum absolute atomic E-state index is 5.86. The van der Waals surface area contributed by atoms with Gasteiger partial charge in [0.05, 0.1) is 18.3 Å². The summed E-state index contributed by atoms with van der Waals surface area (Å²) in [4.78, 5) is 4.20. The first-order chi connectivity index (χ1) is 12.2. The van der Waals surface area contributed by atoms with E-state index in [2.05, 4.69) is 46.8 Å². The number of guanidine groups is 1. The average Bonchev–Trinajstić information content (AvgIpc) is 3.12. The van der Waals surface area contributed by atoms with Gasteiger partial charge in [-0.05, 0) is 25.3 Å². The summed E-state index contributed by atoms with van der Waals surface area (Å²) in [6.07, 6.45) is 1.88. The predicted molar refractivity (Wildman–Crippen MR) is 99.5 cm³/mol. The van der Waals surface area contributed by atoms with E-state index >= 15 is 0 Å². The molecule has 6 nitrogen and oxygen atoms in total. The fraction of sp³-hybridized carbons (Fsp3) is 0.474. The lowest BCUT2D eigenvalue weighted by atomic mass is 10.1. The first-order valence-electron chi connectivity index (χ1n) is 8.78. The van der Waals surface area contributed by atoms with Crippen molar-refractivity contribution in [3.05, 3.63) is 53.4 Å². The smallest absolute Gasteiger partial charge is 0.191 e. The van der Waals surface area contributed by atoms with Crippen LogP contribution in [-0.4, -0.2) is 31.3 Å². The summed E-state index contributed by atoms with van der Waals surface area (Å²) in [5.74, 6) is 1.55. The van der Waals surface area contributed by atoms with Gasteiger partial charge in [-0.3, -0.25) is 4.99 Å². The minimum Gasteiger partial charge on any atom is -0.374 e. The Kier molecular flexibility index (Phi) is 7.98. The van der Waals surface area contributed by atoms with Gasteiger partial charge in [-0.2, -0.15) is 0 Å². The van der Waals surface area contributed by atoms with Crippen molar-refractivity contribution in [2.45, 2.75) is 39.3 Å². The summed E-state index contributed by atoms with van der Waals surface area (Å²) in [6.45, 7) is 6.18. The number of aliphatic imine (C=N–C) groups is 1. The summed E-state index contributed by atoms with van der Waals surface area (Å²) >= 11 is 0. The minimum absolute atomic E-state index is 0.109. The third kappa shape index (κ3) is 6.58. The van der Waals surface area contributed by atoms with E-state index in [4.69, 9.17) is 9.26 Å². The summed E-state index contributed by atoms with van der Waals surface area (Å²) in [5, 5.41) is 10.5. The molecule has 1 aromatic carbocycles. The molecule has 2 N–H and O–H groups in total. The predicted octanol–water partition coefficient (Wildman–Crippen LogP) is 3.07. The Morgan fingerprint density at radius 3 is 2.76 bits per heavy atom. The number of rotatable bonds is 9. The second-order valence-corrected chi connectivity index (χ2v) is 5.77. The largest absolute Gasteiger partial charge is 0.374 e. The number of aromatic nitrogens is 1. The van der Waals surface area contributed by atoms with Gasteiger partial charge < -0.3 is 19.9 Å². The summed E-state index contributed by atoms with van der Waals surface area (Å²) in [6, 6.07) is 12.2. The lowest BCUT2D eigenvalue weighted by molar-refractivity contribution is 0.0646. The van der Waals surface area contributed by atoms with Crippen molar-refractivity contribution in [3.63, 3.8) is 0 Å². The van der Waals surface area contributed by atoms with Crippen molar-refractivity contribution in [2.75, 3.05) is 20.2 Å². The molecule has 0 bridgehead atoms. The highest BCUT2D eigenvalue weighted by Crippen LogP contribution is 2.15. The lowest BCUT2D eigenvalue weighted by Gasteiger charge is -2.14. The summed E-state index contributed by atoms with van der Waals surface area (Å²) < 4.78 is 11.1. The van der Waals surface area contributed by atoms with Crippen molar-refractivity contribution in [3.8, 4) is 0 Å². The number of hydrogen-bond donors (Lipinski definition) is 2. The third-order valence-electron chi connectivity index (χ3n) is 3.87. The molecular formula is C19H28N4O2. The van der Waals surface area contributed by atoms with E-state index in [0.717, 1.165) is 36.8 Å². The summed E-state index contributed by atoms with van der Waals surface area (Å²) in [7, 11) is 1.75. The number of benzene rings is 1. The molecule has 1 heterocycles. The Bertz CT molecular complexity index is 640. The van der Waals surface area contributed by atoms with Crippen LogP contribution in [0.3, 0.4) is 0 Å². The highest BCUT2D eigenvalue weighted by molar-refractivity contribution is 5.79. The van der Waals surface area contributed by atoms with Crippen LogP contribution >= 0.6 is 0 Å². The molecule has 1 unspecified atom stereocenters. The number of aryl methyl sites for hydroxylation is 1. The van der Waals surface area contributed by atoms with Crippen LogP contribution in [0.1, 0.15) is 43.4 Å². The van der Waals surface area contributed by atoms with Crippen LogP contribution in [0.15, 0.2) is 45.9 Å². The van der Waals surface area contributed by atoms with Gasteiger partial charge in [0.2, 0.25) is 0 Å². The lowest BCUT2D eigenvalue weighted by Crippen LogP contribution is -2.37. The molecule has 2 aromatic rings. The molecule has 0 radical (unpaired) electrons. The molecule has 0 spiro atoms. The maximum atomic E-state index is 5.86. The van der Waals surface area contributed by atoms with E-state index in [1.54, 1.807) is 7.05 Å². The van der Waals surface area contributed by atoms with Crippen LogP contribution in [0.2, 0.25) is 0 Å². The number of ether oxygens (including phenoxy) is 1. The fourth-order valence-corrected chi connectivity index (χ4v) is 2.36. The second kappa shape index (κ2) is 10.5. The van der Waals surface area contributed by atoms with Crippen LogP contribution in [0, 0.1) is 0 Å². The van der Waals surface area contributed by atoms with E-state index in [-0.39, 0.29) is 6.10 Å². The van der Waals surface area contributed by atoms with Crippen LogP contribution in [-0.2, 0) is 17.7 Å². The van der Waals surface area contributed by atoms with Crippen molar-refractivity contribution >= 4 is 5.96 Å². The molecule has 0 fully saturated rings. The number of hydrogen-bond acceptors (Lipinski definition) is 4.